The Morgan fingerprint density at radius 2 is 1.24 bits per heavy atom. The zero-order valence-corrected chi connectivity index (χ0v) is 13.1. The molecule has 0 aromatic rings. The van der Waals surface area contributed by atoms with E-state index in [0.717, 1.165) is 47.2 Å². The van der Waals surface area contributed by atoms with Crippen molar-refractivity contribution in [1.82, 2.24) is 0 Å². The fourth-order valence-corrected chi connectivity index (χ4v) is 9.06. The molecule has 6 saturated carbocycles. The Hall–Kier alpha value is -0.330. The second kappa shape index (κ2) is 3.77. The first-order valence-electron chi connectivity index (χ1n) is 9.82. The molecule has 1 heteroatoms. The second-order valence-electron chi connectivity index (χ2n) is 9.65. The van der Waals surface area contributed by atoms with Crippen LogP contribution in [0.1, 0.15) is 64.2 Å². The zero-order chi connectivity index (χ0) is 13.8. The Bertz CT molecular complexity index is 510. The molecule has 0 aromatic carbocycles. The van der Waals surface area contributed by atoms with Gasteiger partial charge in [-0.1, -0.05) is 0 Å². The van der Waals surface area contributed by atoms with Crippen LogP contribution in [0.4, 0.5) is 0 Å². The minimum Gasteiger partial charge on any atom is -0.299 e. The lowest BCUT2D eigenvalue weighted by Crippen LogP contribution is -2.48. The van der Waals surface area contributed by atoms with Crippen molar-refractivity contribution in [1.29, 1.82) is 0 Å². The molecule has 0 unspecified atom stereocenters. The number of carbonyl (C=O) groups is 1. The maximum Gasteiger partial charge on any atom is 0.142 e. The summed E-state index contributed by atoms with van der Waals surface area (Å²) in [6.07, 6.45) is 14.0. The van der Waals surface area contributed by atoms with Gasteiger partial charge in [0, 0.05) is 11.3 Å². The van der Waals surface area contributed by atoms with Gasteiger partial charge < -0.3 is 0 Å². The molecule has 21 heavy (non-hydrogen) atoms. The molecule has 0 N–H and O–H groups in total. The number of hydrogen-bond donors (Lipinski definition) is 0. The smallest absolute Gasteiger partial charge is 0.142 e. The third-order valence-corrected chi connectivity index (χ3v) is 9.41. The average molecular weight is 284 g/mol. The third-order valence-electron chi connectivity index (χ3n) is 9.41. The van der Waals surface area contributed by atoms with Crippen molar-refractivity contribution in [2.75, 3.05) is 0 Å². The normalized spacial score (nSPS) is 63.5. The molecule has 0 amide bonds. The lowest BCUT2D eigenvalue weighted by molar-refractivity contribution is -0.144. The van der Waals surface area contributed by atoms with Gasteiger partial charge in [-0.2, -0.15) is 0 Å². The first kappa shape index (κ1) is 12.1. The summed E-state index contributed by atoms with van der Waals surface area (Å²) in [5, 5.41) is 0. The second-order valence-corrected chi connectivity index (χ2v) is 9.65. The van der Waals surface area contributed by atoms with E-state index in [2.05, 4.69) is 0 Å². The zero-order valence-electron chi connectivity index (χ0n) is 13.1. The molecule has 1 nitrogen and oxygen atoms in total. The largest absolute Gasteiger partial charge is 0.299 e. The molecular formula is C20H28O. The van der Waals surface area contributed by atoms with Crippen molar-refractivity contribution >= 4 is 5.78 Å². The highest BCUT2D eigenvalue weighted by molar-refractivity contribution is 5.89. The van der Waals surface area contributed by atoms with Gasteiger partial charge in [-0.25, -0.2) is 0 Å². The van der Waals surface area contributed by atoms with Gasteiger partial charge in [0.1, 0.15) is 5.78 Å². The minimum atomic E-state index is 0.190. The van der Waals surface area contributed by atoms with Gasteiger partial charge in [-0.3, -0.25) is 4.79 Å². The van der Waals surface area contributed by atoms with Crippen LogP contribution in [0.15, 0.2) is 0 Å². The van der Waals surface area contributed by atoms with Crippen molar-refractivity contribution in [2.45, 2.75) is 64.2 Å². The summed E-state index contributed by atoms with van der Waals surface area (Å²) in [6.45, 7) is 0. The van der Waals surface area contributed by atoms with E-state index in [1.165, 1.54) is 64.2 Å². The molecule has 6 aliphatic carbocycles. The molecule has 6 fully saturated rings. The predicted octanol–water partition coefficient (Wildman–Crippen LogP) is 4.45. The monoisotopic (exact) mass is 284 g/mol. The maximum absolute atomic E-state index is 13.6. The molecule has 114 valence electrons. The number of rotatable bonds is 0. The van der Waals surface area contributed by atoms with Crippen LogP contribution < -0.4 is 0 Å². The third kappa shape index (κ3) is 1.27. The van der Waals surface area contributed by atoms with E-state index in [1.54, 1.807) is 0 Å². The SMILES string of the molecule is O=C1[C@H]2CC[C@@H]3CC[C@H](C[C@@]14C[C@H]1CC[C@H]5CC[C@H]4[C@H]51)[C@H]32. The Balaban J connectivity index is 1.43. The Morgan fingerprint density at radius 3 is 2.05 bits per heavy atom. The summed E-state index contributed by atoms with van der Waals surface area (Å²) in [5.74, 6) is 7.79. The summed E-state index contributed by atoms with van der Waals surface area (Å²) >= 11 is 0. The van der Waals surface area contributed by atoms with Crippen LogP contribution in [0.5, 0.6) is 0 Å². The van der Waals surface area contributed by atoms with E-state index in [4.69, 9.17) is 0 Å². The molecule has 0 saturated heterocycles. The molecule has 0 radical (unpaired) electrons. The maximum atomic E-state index is 13.6. The quantitative estimate of drug-likeness (QED) is 0.642. The van der Waals surface area contributed by atoms with Crippen molar-refractivity contribution in [3.63, 3.8) is 0 Å². The first-order chi connectivity index (χ1) is 10.3. The molecule has 0 bridgehead atoms. The summed E-state index contributed by atoms with van der Waals surface area (Å²) in [6, 6.07) is 0. The van der Waals surface area contributed by atoms with E-state index in [0.29, 0.717) is 5.92 Å². The predicted molar refractivity (Wildman–Crippen MR) is 81.5 cm³/mol. The molecular weight excluding hydrogens is 256 g/mol. The van der Waals surface area contributed by atoms with Gasteiger partial charge in [0.15, 0.2) is 0 Å². The molecule has 0 aromatic heterocycles. The number of carbonyl (C=O) groups excluding carboxylic acids is 1. The van der Waals surface area contributed by atoms with Gasteiger partial charge in [0.05, 0.1) is 0 Å². The molecule has 9 atom stereocenters. The minimum absolute atomic E-state index is 0.190. The van der Waals surface area contributed by atoms with Crippen molar-refractivity contribution in [3.8, 4) is 0 Å². The van der Waals surface area contributed by atoms with E-state index < -0.39 is 0 Å². The fraction of sp³-hybridized carbons (Fsp3) is 0.950. The standard InChI is InChI=1S/C20H28O/c21-19-15-7-5-11-1-3-13(17(11)15)9-20(19)10-14-4-2-12-6-8-16(20)18(12)14/h11-18H,1-10H2/t11-,12-,13+,14+,15-,16-,17-,18+,20-/m0/s1. The lowest BCUT2D eigenvalue weighted by atomic mass is 9.56. The van der Waals surface area contributed by atoms with Gasteiger partial charge >= 0.3 is 0 Å². The molecule has 0 heterocycles. The molecule has 1 spiro atoms. The molecule has 6 rings (SSSR count). The van der Waals surface area contributed by atoms with Gasteiger partial charge in [0.2, 0.25) is 0 Å². The summed E-state index contributed by atoms with van der Waals surface area (Å²) in [5.41, 5.74) is 0.190. The van der Waals surface area contributed by atoms with Crippen LogP contribution >= 0.6 is 0 Å². The van der Waals surface area contributed by atoms with Gasteiger partial charge in [-0.15, -0.1) is 0 Å². The molecule has 6 aliphatic rings. The van der Waals surface area contributed by atoms with E-state index in [9.17, 15) is 4.79 Å². The Kier molecular flexibility index (Phi) is 2.18. The summed E-state index contributed by atoms with van der Waals surface area (Å²) < 4.78 is 0. The van der Waals surface area contributed by atoms with E-state index >= 15 is 0 Å². The highest BCUT2D eigenvalue weighted by atomic mass is 16.1. The fourth-order valence-electron chi connectivity index (χ4n) is 9.06. The van der Waals surface area contributed by atoms with Crippen LogP contribution in [0.3, 0.4) is 0 Å². The highest BCUT2D eigenvalue weighted by Crippen LogP contribution is 2.71. The number of Topliss-reactive ketones (excluding diaryl/α,β-unsaturated/α-hetero) is 1. The number of ketones is 1. The van der Waals surface area contributed by atoms with E-state index in [-0.39, 0.29) is 5.41 Å². The summed E-state index contributed by atoms with van der Waals surface area (Å²) in [4.78, 5) is 13.6. The Labute approximate surface area is 128 Å². The van der Waals surface area contributed by atoms with Crippen LogP contribution in [0, 0.1) is 52.8 Å². The van der Waals surface area contributed by atoms with Gasteiger partial charge in [0.25, 0.3) is 0 Å². The van der Waals surface area contributed by atoms with E-state index in [1.807, 2.05) is 0 Å². The average Bonchev–Trinajstić information content (AvgIpc) is 3.22. The number of fused-ring (bicyclic) bond motifs is 1. The topological polar surface area (TPSA) is 17.1 Å². The van der Waals surface area contributed by atoms with Crippen molar-refractivity contribution < 1.29 is 4.79 Å². The van der Waals surface area contributed by atoms with Crippen LogP contribution in [0.2, 0.25) is 0 Å². The van der Waals surface area contributed by atoms with Crippen molar-refractivity contribution in [3.05, 3.63) is 0 Å². The molecule has 0 aliphatic heterocycles. The summed E-state index contributed by atoms with van der Waals surface area (Å²) in [7, 11) is 0. The number of hydrogen-bond acceptors (Lipinski definition) is 1. The van der Waals surface area contributed by atoms with Crippen LogP contribution in [0.25, 0.3) is 0 Å². The lowest BCUT2D eigenvalue weighted by Gasteiger charge is -2.46. The highest BCUT2D eigenvalue weighted by Gasteiger charge is 2.68. The van der Waals surface area contributed by atoms with Crippen LogP contribution in [-0.2, 0) is 4.79 Å². The van der Waals surface area contributed by atoms with Crippen LogP contribution in [-0.4, -0.2) is 5.78 Å². The van der Waals surface area contributed by atoms with Crippen molar-refractivity contribution in [2.24, 2.45) is 52.8 Å². The first-order valence-corrected chi connectivity index (χ1v) is 9.82. The van der Waals surface area contributed by atoms with Gasteiger partial charge in [-0.05, 0) is 106 Å². The Morgan fingerprint density at radius 1 is 0.667 bits per heavy atom.